The number of nitrogens with zero attached hydrogens (tertiary/aromatic N) is 1. The van der Waals surface area contributed by atoms with Crippen LogP contribution in [-0.4, -0.2) is 48.3 Å². The predicted molar refractivity (Wildman–Crippen MR) is 101 cm³/mol. The van der Waals surface area contributed by atoms with Gasteiger partial charge in [0.15, 0.2) is 6.61 Å². The quantitative estimate of drug-likeness (QED) is 0.565. The fourth-order valence-corrected chi connectivity index (χ4v) is 3.01. The predicted octanol–water partition coefficient (Wildman–Crippen LogP) is 1.84. The Morgan fingerprint density at radius 1 is 1.00 bits per heavy atom. The van der Waals surface area contributed by atoms with Gasteiger partial charge in [-0.25, -0.2) is 0 Å². The number of ether oxygens (including phenoxy) is 1. The van der Waals surface area contributed by atoms with Gasteiger partial charge in [0.25, 0.3) is 17.7 Å². The van der Waals surface area contributed by atoms with E-state index in [-0.39, 0.29) is 11.1 Å². The Labute approximate surface area is 166 Å². The number of hydrogen-bond donors (Lipinski definition) is 1. The van der Waals surface area contributed by atoms with E-state index in [0.717, 1.165) is 10.5 Å². The molecule has 3 rings (SSSR count). The average molecular weight is 401 g/mol. The summed E-state index contributed by atoms with van der Waals surface area (Å²) in [7, 11) is 0. The van der Waals surface area contributed by atoms with Crippen molar-refractivity contribution >= 4 is 35.3 Å². The molecule has 1 aliphatic rings. The molecule has 0 atom stereocenters. The SMILES string of the molecule is O=C(COC(=O)CN1C(=O)c2ccccc2C1=O)NCCc1cccc(Cl)c1. The van der Waals surface area contributed by atoms with Crippen molar-refractivity contribution in [3.63, 3.8) is 0 Å². The number of esters is 1. The third-order valence-electron chi connectivity index (χ3n) is 4.15. The topological polar surface area (TPSA) is 92.8 Å². The van der Waals surface area contributed by atoms with Gasteiger partial charge in [-0.15, -0.1) is 0 Å². The Morgan fingerprint density at radius 2 is 1.68 bits per heavy atom. The lowest BCUT2D eigenvalue weighted by molar-refractivity contribution is -0.148. The number of amides is 3. The number of fused-ring (bicyclic) bond motifs is 1. The molecule has 8 heteroatoms. The molecule has 1 N–H and O–H groups in total. The van der Waals surface area contributed by atoms with Crippen LogP contribution in [0.5, 0.6) is 0 Å². The molecule has 0 fully saturated rings. The molecule has 1 heterocycles. The van der Waals surface area contributed by atoms with Crippen molar-refractivity contribution < 1.29 is 23.9 Å². The van der Waals surface area contributed by atoms with Crippen LogP contribution in [-0.2, 0) is 20.7 Å². The Bertz CT molecular complexity index is 909. The molecular formula is C20H17ClN2O5. The van der Waals surface area contributed by atoms with Crippen LogP contribution in [0, 0.1) is 0 Å². The first-order valence-electron chi connectivity index (χ1n) is 8.57. The largest absolute Gasteiger partial charge is 0.454 e. The molecule has 2 aromatic carbocycles. The molecule has 2 aromatic rings. The second-order valence-corrected chi connectivity index (χ2v) is 6.57. The van der Waals surface area contributed by atoms with Crippen molar-refractivity contribution in [2.24, 2.45) is 0 Å². The number of halogens is 1. The van der Waals surface area contributed by atoms with E-state index in [0.29, 0.717) is 18.0 Å². The molecule has 0 saturated carbocycles. The van der Waals surface area contributed by atoms with Crippen LogP contribution in [0.3, 0.4) is 0 Å². The minimum atomic E-state index is -0.834. The zero-order chi connectivity index (χ0) is 20.1. The summed E-state index contributed by atoms with van der Waals surface area (Å²) < 4.78 is 4.86. The molecular weight excluding hydrogens is 384 g/mol. The monoisotopic (exact) mass is 400 g/mol. The summed E-state index contributed by atoms with van der Waals surface area (Å²) in [5, 5.41) is 3.24. The summed E-state index contributed by atoms with van der Waals surface area (Å²) in [5.41, 5.74) is 1.47. The number of carbonyl (C=O) groups is 4. The van der Waals surface area contributed by atoms with Gasteiger partial charge in [0.05, 0.1) is 11.1 Å². The first-order valence-corrected chi connectivity index (χ1v) is 8.95. The minimum Gasteiger partial charge on any atom is -0.454 e. The van der Waals surface area contributed by atoms with E-state index in [9.17, 15) is 19.2 Å². The molecule has 0 radical (unpaired) electrons. The fraction of sp³-hybridized carbons (Fsp3) is 0.200. The first kappa shape index (κ1) is 19.6. The van der Waals surface area contributed by atoms with Crippen LogP contribution >= 0.6 is 11.6 Å². The summed E-state index contributed by atoms with van der Waals surface area (Å²) >= 11 is 5.89. The Balaban J connectivity index is 1.41. The molecule has 1 aliphatic heterocycles. The molecule has 0 aliphatic carbocycles. The summed E-state index contributed by atoms with van der Waals surface area (Å²) in [6.07, 6.45) is 0.579. The van der Waals surface area contributed by atoms with Crippen LogP contribution in [0.15, 0.2) is 48.5 Å². The van der Waals surface area contributed by atoms with Crippen molar-refractivity contribution in [1.29, 1.82) is 0 Å². The van der Waals surface area contributed by atoms with E-state index in [1.807, 2.05) is 12.1 Å². The van der Waals surface area contributed by atoms with E-state index in [4.69, 9.17) is 16.3 Å². The lowest BCUT2D eigenvalue weighted by atomic mass is 10.1. The highest BCUT2D eigenvalue weighted by atomic mass is 35.5. The number of imide groups is 1. The highest BCUT2D eigenvalue weighted by molar-refractivity contribution is 6.30. The van der Waals surface area contributed by atoms with Crippen molar-refractivity contribution in [2.75, 3.05) is 19.7 Å². The summed E-state index contributed by atoms with van der Waals surface area (Å²) in [4.78, 5) is 48.9. The fourth-order valence-electron chi connectivity index (χ4n) is 2.79. The number of hydrogen-bond acceptors (Lipinski definition) is 5. The lowest BCUT2D eigenvalue weighted by Gasteiger charge is -2.13. The van der Waals surface area contributed by atoms with Crippen LogP contribution in [0.2, 0.25) is 5.02 Å². The van der Waals surface area contributed by atoms with Crippen LogP contribution < -0.4 is 5.32 Å². The van der Waals surface area contributed by atoms with Crippen LogP contribution in [0.4, 0.5) is 0 Å². The van der Waals surface area contributed by atoms with Gasteiger partial charge in [-0.3, -0.25) is 24.1 Å². The van der Waals surface area contributed by atoms with Crippen molar-refractivity contribution in [1.82, 2.24) is 10.2 Å². The Kier molecular flexibility index (Phi) is 6.06. The highest BCUT2D eigenvalue weighted by Crippen LogP contribution is 2.22. The van der Waals surface area contributed by atoms with Gasteiger partial charge in [0.1, 0.15) is 6.54 Å². The number of carbonyl (C=O) groups excluding carboxylic acids is 4. The van der Waals surface area contributed by atoms with E-state index in [1.165, 1.54) is 12.1 Å². The van der Waals surface area contributed by atoms with Crippen molar-refractivity contribution in [2.45, 2.75) is 6.42 Å². The Morgan fingerprint density at radius 3 is 2.32 bits per heavy atom. The molecule has 7 nitrogen and oxygen atoms in total. The Hall–Kier alpha value is -3.19. The maximum atomic E-state index is 12.2. The van der Waals surface area contributed by atoms with E-state index >= 15 is 0 Å². The van der Waals surface area contributed by atoms with Crippen LogP contribution in [0.1, 0.15) is 26.3 Å². The maximum absolute atomic E-state index is 12.2. The maximum Gasteiger partial charge on any atom is 0.326 e. The van der Waals surface area contributed by atoms with Gasteiger partial charge in [-0.2, -0.15) is 0 Å². The third kappa shape index (κ3) is 4.55. The smallest absolute Gasteiger partial charge is 0.326 e. The van der Waals surface area contributed by atoms with Gasteiger partial charge >= 0.3 is 5.97 Å². The van der Waals surface area contributed by atoms with Gasteiger partial charge in [0.2, 0.25) is 0 Å². The number of nitrogens with one attached hydrogen (secondary N) is 1. The average Bonchev–Trinajstić information content (AvgIpc) is 2.92. The van der Waals surface area contributed by atoms with Gasteiger partial charge < -0.3 is 10.1 Å². The second kappa shape index (κ2) is 8.67. The second-order valence-electron chi connectivity index (χ2n) is 6.13. The molecule has 144 valence electrons. The molecule has 0 saturated heterocycles. The standard InChI is InChI=1S/C20H17ClN2O5/c21-14-5-3-4-13(10-14)8-9-22-17(24)12-28-18(25)11-23-19(26)15-6-1-2-7-16(15)20(23)27/h1-7,10H,8-9,11-12H2,(H,22,24). The van der Waals surface area contributed by atoms with E-state index < -0.39 is 36.8 Å². The lowest BCUT2D eigenvalue weighted by Crippen LogP contribution is -2.37. The molecule has 0 unspecified atom stereocenters. The number of rotatable bonds is 7. The third-order valence-corrected chi connectivity index (χ3v) is 4.39. The molecule has 0 spiro atoms. The summed E-state index contributed by atoms with van der Waals surface area (Å²) in [5.74, 6) is -2.41. The normalized spacial score (nSPS) is 12.7. The minimum absolute atomic E-state index is 0.249. The molecule has 0 bridgehead atoms. The molecule has 3 amide bonds. The zero-order valence-electron chi connectivity index (χ0n) is 14.8. The summed E-state index contributed by atoms with van der Waals surface area (Å²) in [6.45, 7) is -0.672. The van der Waals surface area contributed by atoms with Crippen LogP contribution in [0.25, 0.3) is 0 Å². The molecule has 28 heavy (non-hydrogen) atoms. The first-order chi connectivity index (χ1) is 13.5. The molecule has 0 aromatic heterocycles. The van der Waals surface area contributed by atoms with E-state index in [1.54, 1.807) is 24.3 Å². The van der Waals surface area contributed by atoms with Gasteiger partial charge in [-0.1, -0.05) is 35.9 Å². The summed E-state index contributed by atoms with van der Waals surface area (Å²) in [6, 6.07) is 13.6. The number of benzene rings is 2. The van der Waals surface area contributed by atoms with Gasteiger partial charge in [0, 0.05) is 11.6 Å². The van der Waals surface area contributed by atoms with Crippen molar-refractivity contribution in [3.05, 3.63) is 70.2 Å². The zero-order valence-corrected chi connectivity index (χ0v) is 15.6. The van der Waals surface area contributed by atoms with Gasteiger partial charge in [-0.05, 0) is 36.2 Å². The van der Waals surface area contributed by atoms with E-state index in [2.05, 4.69) is 5.32 Å². The highest BCUT2D eigenvalue weighted by Gasteiger charge is 2.36. The van der Waals surface area contributed by atoms with Crippen molar-refractivity contribution in [3.8, 4) is 0 Å².